The molecule has 0 bridgehead atoms. The normalized spacial score (nSPS) is 11.2. The molecule has 2 aromatic rings. The molecule has 0 amide bonds. The highest BCUT2D eigenvalue weighted by Crippen LogP contribution is 2.22. The highest BCUT2D eigenvalue weighted by Gasteiger charge is 2.12. The number of hydrogen-bond acceptors (Lipinski definition) is 2. The zero-order valence-corrected chi connectivity index (χ0v) is 9.97. The van der Waals surface area contributed by atoms with Crippen LogP contribution in [0.25, 0.3) is 5.65 Å². The summed E-state index contributed by atoms with van der Waals surface area (Å²) in [4.78, 5) is 4.55. The van der Waals surface area contributed by atoms with Crippen molar-refractivity contribution in [3.8, 4) is 0 Å². The van der Waals surface area contributed by atoms with Crippen molar-refractivity contribution in [1.29, 1.82) is 0 Å². The van der Waals surface area contributed by atoms with Crippen LogP contribution in [0.3, 0.4) is 0 Å². The van der Waals surface area contributed by atoms with Crippen LogP contribution in [-0.2, 0) is 12.8 Å². The molecule has 0 atom stereocenters. The molecule has 2 rings (SSSR count). The molecule has 2 aromatic heterocycles. The number of rotatable bonds is 2. The topological polar surface area (TPSA) is 30.2 Å². The zero-order chi connectivity index (χ0) is 11.0. The average Bonchev–Trinajstić information content (AvgIpc) is 2.61. The van der Waals surface area contributed by atoms with Crippen LogP contribution in [0.1, 0.15) is 30.7 Å². The van der Waals surface area contributed by atoms with E-state index < -0.39 is 0 Å². The molecule has 2 heterocycles. The van der Waals surface area contributed by atoms with Crippen LogP contribution in [0.5, 0.6) is 0 Å². The Bertz CT molecular complexity index is 502. The number of nitrogens with zero attached hydrogens (tertiary/aromatic N) is 3. The fraction of sp³-hybridized carbons (Fsp3) is 0.455. The van der Waals surface area contributed by atoms with Gasteiger partial charge in [-0.15, -0.1) is 0 Å². The molecule has 0 spiro atoms. The summed E-state index contributed by atoms with van der Waals surface area (Å²) >= 11 is 6.28. The number of aryl methyl sites for hydroxylation is 2. The van der Waals surface area contributed by atoms with Gasteiger partial charge < -0.3 is 0 Å². The summed E-state index contributed by atoms with van der Waals surface area (Å²) in [6.07, 6.45) is 3.65. The Labute approximate surface area is 94.1 Å². The molecule has 0 N–H and O–H groups in total. The summed E-state index contributed by atoms with van der Waals surface area (Å²) in [5.74, 6) is 0. The van der Waals surface area contributed by atoms with Crippen molar-refractivity contribution in [3.63, 3.8) is 0 Å². The number of hydrogen-bond donors (Lipinski definition) is 0. The lowest BCUT2D eigenvalue weighted by Gasteiger charge is -2.07. The molecule has 0 saturated heterocycles. The molecule has 3 nitrogen and oxygen atoms in total. The lowest BCUT2D eigenvalue weighted by atomic mass is 10.2. The van der Waals surface area contributed by atoms with Gasteiger partial charge in [0.2, 0.25) is 0 Å². The van der Waals surface area contributed by atoms with E-state index in [1.807, 2.05) is 13.1 Å². The second kappa shape index (κ2) is 3.81. The standard InChI is InChI=1S/C11H14ClN3/c1-4-8-6-13-15-10(12)9(5-2)7(3)14-11(8)15/h6H,4-5H2,1-3H3. The van der Waals surface area contributed by atoms with Gasteiger partial charge in [-0.05, 0) is 19.8 Å². The van der Waals surface area contributed by atoms with Gasteiger partial charge in [-0.25, -0.2) is 9.50 Å². The maximum Gasteiger partial charge on any atom is 0.160 e. The van der Waals surface area contributed by atoms with E-state index in [9.17, 15) is 0 Å². The largest absolute Gasteiger partial charge is 0.233 e. The monoisotopic (exact) mass is 223 g/mol. The van der Waals surface area contributed by atoms with E-state index in [2.05, 4.69) is 23.9 Å². The number of fused-ring (bicyclic) bond motifs is 1. The van der Waals surface area contributed by atoms with Crippen LogP contribution in [-0.4, -0.2) is 14.6 Å². The number of halogens is 1. The van der Waals surface area contributed by atoms with Gasteiger partial charge in [-0.1, -0.05) is 25.4 Å². The Balaban J connectivity index is 2.80. The van der Waals surface area contributed by atoms with E-state index in [0.29, 0.717) is 5.15 Å². The minimum absolute atomic E-state index is 0.694. The molecule has 0 unspecified atom stereocenters. The first-order chi connectivity index (χ1) is 7.19. The first kappa shape index (κ1) is 10.4. The van der Waals surface area contributed by atoms with Crippen molar-refractivity contribution in [2.24, 2.45) is 0 Å². The summed E-state index contributed by atoms with van der Waals surface area (Å²) in [7, 11) is 0. The molecular formula is C11H14ClN3. The molecule has 0 fully saturated rings. The number of aromatic nitrogens is 3. The first-order valence-electron chi connectivity index (χ1n) is 5.20. The minimum Gasteiger partial charge on any atom is -0.233 e. The van der Waals surface area contributed by atoms with Crippen molar-refractivity contribution < 1.29 is 0 Å². The summed E-state index contributed by atoms with van der Waals surface area (Å²) in [6, 6.07) is 0. The Kier molecular flexibility index (Phi) is 2.65. The Hall–Kier alpha value is -1.09. The molecule has 0 radical (unpaired) electrons. The van der Waals surface area contributed by atoms with E-state index >= 15 is 0 Å². The minimum atomic E-state index is 0.694. The average molecular weight is 224 g/mol. The lowest BCUT2D eigenvalue weighted by molar-refractivity contribution is 0.895. The van der Waals surface area contributed by atoms with Crippen molar-refractivity contribution in [1.82, 2.24) is 14.6 Å². The van der Waals surface area contributed by atoms with Gasteiger partial charge in [0.25, 0.3) is 0 Å². The van der Waals surface area contributed by atoms with Crippen LogP contribution < -0.4 is 0 Å². The van der Waals surface area contributed by atoms with Gasteiger partial charge in [0.1, 0.15) is 5.15 Å². The smallest absolute Gasteiger partial charge is 0.160 e. The third-order valence-electron chi connectivity index (χ3n) is 2.70. The van der Waals surface area contributed by atoms with E-state index in [1.165, 1.54) is 0 Å². The first-order valence-corrected chi connectivity index (χ1v) is 5.58. The summed E-state index contributed by atoms with van der Waals surface area (Å²) in [6.45, 7) is 6.17. The molecule has 0 saturated carbocycles. The maximum absolute atomic E-state index is 6.28. The fourth-order valence-corrected chi connectivity index (χ4v) is 2.19. The summed E-state index contributed by atoms with van der Waals surface area (Å²) in [5, 5.41) is 4.96. The van der Waals surface area contributed by atoms with Crippen LogP contribution in [0.15, 0.2) is 6.20 Å². The van der Waals surface area contributed by atoms with Crippen molar-refractivity contribution in [2.75, 3.05) is 0 Å². The van der Waals surface area contributed by atoms with Crippen LogP contribution in [0, 0.1) is 6.92 Å². The molecule has 0 aromatic carbocycles. The van der Waals surface area contributed by atoms with E-state index in [-0.39, 0.29) is 0 Å². The van der Waals surface area contributed by atoms with Gasteiger partial charge in [0.05, 0.1) is 6.20 Å². The molecule has 0 aliphatic heterocycles. The van der Waals surface area contributed by atoms with E-state index in [4.69, 9.17) is 11.6 Å². The van der Waals surface area contributed by atoms with Crippen LogP contribution in [0.2, 0.25) is 5.15 Å². The molecule has 15 heavy (non-hydrogen) atoms. The Morgan fingerprint density at radius 1 is 1.33 bits per heavy atom. The second-order valence-electron chi connectivity index (χ2n) is 3.58. The molecule has 4 heteroatoms. The highest BCUT2D eigenvalue weighted by molar-refractivity contribution is 6.30. The van der Waals surface area contributed by atoms with E-state index in [0.717, 1.165) is 35.3 Å². The van der Waals surface area contributed by atoms with Crippen LogP contribution in [0.4, 0.5) is 0 Å². The van der Waals surface area contributed by atoms with Gasteiger partial charge in [0.15, 0.2) is 5.65 Å². The predicted molar refractivity (Wildman–Crippen MR) is 61.5 cm³/mol. The van der Waals surface area contributed by atoms with Crippen molar-refractivity contribution >= 4 is 17.2 Å². The third-order valence-corrected chi connectivity index (χ3v) is 3.08. The molecular weight excluding hydrogens is 210 g/mol. The van der Waals surface area contributed by atoms with E-state index in [1.54, 1.807) is 4.52 Å². The molecule has 0 aliphatic rings. The van der Waals surface area contributed by atoms with Gasteiger partial charge in [0, 0.05) is 16.8 Å². The van der Waals surface area contributed by atoms with Gasteiger partial charge in [-0.2, -0.15) is 5.10 Å². The Morgan fingerprint density at radius 3 is 2.67 bits per heavy atom. The quantitative estimate of drug-likeness (QED) is 0.733. The third kappa shape index (κ3) is 1.51. The lowest BCUT2D eigenvalue weighted by Crippen LogP contribution is -2.01. The second-order valence-corrected chi connectivity index (χ2v) is 3.94. The maximum atomic E-state index is 6.28. The Morgan fingerprint density at radius 2 is 2.07 bits per heavy atom. The summed E-state index contributed by atoms with van der Waals surface area (Å²) < 4.78 is 1.73. The fourth-order valence-electron chi connectivity index (χ4n) is 1.79. The van der Waals surface area contributed by atoms with Crippen LogP contribution >= 0.6 is 11.6 Å². The van der Waals surface area contributed by atoms with Crippen molar-refractivity contribution in [2.45, 2.75) is 33.6 Å². The highest BCUT2D eigenvalue weighted by atomic mass is 35.5. The summed E-state index contributed by atoms with van der Waals surface area (Å²) in [5.41, 5.74) is 4.11. The molecule has 80 valence electrons. The van der Waals surface area contributed by atoms with Gasteiger partial charge >= 0.3 is 0 Å². The SMILES string of the molecule is CCc1c(C)nc2c(CC)cnn2c1Cl. The van der Waals surface area contributed by atoms with Crippen molar-refractivity contribution in [3.05, 3.63) is 28.2 Å². The van der Waals surface area contributed by atoms with Gasteiger partial charge in [-0.3, -0.25) is 0 Å². The predicted octanol–water partition coefficient (Wildman–Crippen LogP) is 2.82. The zero-order valence-electron chi connectivity index (χ0n) is 9.21. The molecule has 0 aliphatic carbocycles.